The van der Waals surface area contributed by atoms with Crippen LogP contribution in [0.1, 0.15) is 5.56 Å². The lowest BCUT2D eigenvalue weighted by Crippen LogP contribution is -1.98. The minimum absolute atomic E-state index is 1.08. The third kappa shape index (κ3) is 0.778. The molecule has 1 aromatic carbocycles. The van der Waals surface area contributed by atoms with Gasteiger partial charge in [0, 0.05) is 12.6 Å². The van der Waals surface area contributed by atoms with Crippen LogP contribution < -0.4 is 0 Å². The first-order chi connectivity index (χ1) is 4.88. The summed E-state index contributed by atoms with van der Waals surface area (Å²) in [5.74, 6) is 1.08. The highest BCUT2D eigenvalue weighted by Crippen LogP contribution is 2.14. The van der Waals surface area contributed by atoms with E-state index < -0.39 is 0 Å². The molecule has 0 amide bonds. The molecule has 0 spiro atoms. The second-order valence-electron chi connectivity index (χ2n) is 2.31. The first kappa shape index (κ1) is 5.47. The van der Waals surface area contributed by atoms with E-state index in [2.05, 4.69) is 17.2 Å². The number of rotatable bonds is 1. The van der Waals surface area contributed by atoms with Gasteiger partial charge < -0.3 is 0 Å². The molecule has 1 aliphatic heterocycles. The van der Waals surface area contributed by atoms with Crippen LogP contribution in [0.2, 0.25) is 0 Å². The van der Waals surface area contributed by atoms with E-state index in [4.69, 9.17) is 0 Å². The predicted molar refractivity (Wildman–Crippen MR) is 40.7 cm³/mol. The molecule has 1 aliphatic rings. The van der Waals surface area contributed by atoms with Gasteiger partial charge in [0.2, 0.25) is 0 Å². The smallest absolute Gasteiger partial charge is 0.176 e. The number of amidine groups is 1. The van der Waals surface area contributed by atoms with Crippen LogP contribution in [0.3, 0.4) is 0 Å². The van der Waals surface area contributed by atoms with Gasteiger partial charge >= 0.3 is 0 Å². The van der Waals surface area contributed by atoms with Crippen molar-refractivity contribution in [1.29, 1.82) is 0 Å². The molecule has 2 heteroatoms. The van der Waals surface area contributed by atoms with E-state index in [1.54, 1.807) is 0 Å². The maximum absolute atomic E-state index is 4.08. The molecule has 0 N–H and O–H groups in total. The summed E-state index contributed by atoms with van der Waals surface area (Å²) in [6.07, 6.45) is 0. The minimum atomic E-state index is 1.08. The van der Waals surface area contributed by atoms with Gasteiger partial charge in [-0.05, 0) is 0 Å². The number of hydrogen-bond acceptors (Lipinski definition) is 2. The molecule has 10 heavy (non-hydrogen) atoms. The molecule has 2 rings (SSSR count). The molecule has 0 saturated heterocycles. The fourth-order valence-electron chi connectivity index (χ4n) is 0.952. The molecule has 0 fully saturated rings. The van der Waals surface area contributed by atoms with E-state index in [0.717, 1.165) is 5.84 Å². The van der Waals surface area contributed by atoms with Gasteiger partial charge in [0.15, 0.2) is 5.84 Å². The van der Waals surface area contributed by atoms with Crippen molar-refractivity contribution in [1.82, 2.24) is 5.01 Å². The Labute approximate surface area is 59.8 Å². The summed E-state index contributed by atoms with van der Waals surface area (Å²) in [7, 11) is 1.95. The van der Waals surface area contributed by atoms with E-state index >= 15 is 0 Å². The van der Waals surface area contributed by atoms with Crippen molar-refractivity contribution in [2.45, 2.75) is 0 Å². The van der Waals surface area contributed by atoms with E-state index in [9.17, 15) is 0 Å². The molecule has 0 aliphatic carbocycles. The van der Waals surface area contributed by atoms with Crippen molar-refractivity contribution in [2.24, 2.45) is 5.10 Å². The van der Waals surface area contributed by atoms with Crippen LogP contribution in [-0.2, 0) is 0 Å². The Morgan fingerprint density at radius 2 is 1.80 bits per heavy atom. The van der Waals surface area contributed by atoms with Crippen LogP contribution in [0.15, 0.2) is 35.4 Å². The zero-order chi connectivity index (χ0) is 6.97. The van der Waals surface area contributed by atoms with Gasteiger partial charge in [-0.25, -0.2) is 5.01 Å². The Morgan fingerprint density at radius 1 is 1.20 bits per heavy atom. The molecule has 0 bridgehead atoms. The number of nitrogens with zero attached hydrogens (tertiary/aromatic N) is 2. The summed E-state index contributed by atoms with van der Waals surface area (Å²) in [5, 5.41) is 5.95. The first-order valence-corrected chi connectivity index (χ1v) is 3.26. The Kier molecular flexibility index (Phi) is 1.01. The average Bonchev–Trinajstić information content (AvgIpc) is 2.69. The molecule has 2 nitrogen and oxygen atoms in total. The normalized spacial score (nSPS) is 14.9. The summed E-state index contributed by atoms with van der Waals surface area (Å²) >= 11 is 0. The molecule has 1 aromatic rings. The molecule has 0 radical (unpaired) electrons. The number of benzene rings is 1. The van der Waals surface area contributed by atoms with Gasteiger partial charge in [-0.3, -0.25) is 0 Å². The molecule has 0 aromatic heterocycles. The summed E-state index contributed by atoms with van der Waals surface area (Å²) < 4.78 is 0. The lowest BCUT2D eigenvalue weighted by atomic mass is 10.2. The standard InChI is InChI=1S/C8H8N2/c1-10-8(9-10)7-5-3-2-4-6-7/h2-6H,1H3. The topological polar surface area (TPSA) is 15.4 Å². The van der Waals surface area contributed by atoms with E-state index in [1.165, 1.54) is 5.56 Å². The van der Waals surface area contributed by atoms with Gasteiger partial charge in [0.25, 0.3) is 0 Å². The molecular weight excluding hydrogens is 124 g/mol. The summed E-state index contributed by atoms with van der Waals surface area (Å²) in [6.45, 7) is 0. The van der Waals surface area contributed by atoms with Crippen molar-refractivity contribution in [3.63, 3.8) is 0 Å². The first-order valence-electron chi connectivity index (χ1n) is 3.26. The highest BCUT2D eigenvalue weighted by molar-refractivity contribution is 6.05. The third-order valence-electron chi connectivity index (χ3n) is 1.54. The lowest BCUT2D eigenvalue weighted by Gasteiger charge is -1.90. The zero-order valence-electron chi connectivity index (χ0n) is 5.78. The lowest BCUT2D eigenvalue weighted by molar-refractivity contribution is 0.684. The summed E-state index contributed by atoms with van der Waals surface area (Å²) in [5.41, 5.74) is 1.20. The largest absolute Gasteiger partial charge is 0.247 e. The van der Waals surface area contributed by atoms with Crippen molar-refractivity contribution in [3.8, 4) is 0 Å². The van der Waals surface area contributed by atoms with E-state index in [1.807, 2.05) is 30.3 Å². The van der Waals surface area contributed by atoms with Crippen LogP contribution in [0.4, 0.5) is 0 Å². The Hall–Kier alpha value is -1.31. The molecule has 0 unspecified atom stereocenters. The monoisotopic (exact) mass is 132 g/mol. The van der Waals surface area contributed by atoms with Crippen molar-refractivity contribution < 1.29 is 0 Å². The average molecular weight is 132 g/mol. The molecule has 0 saturated carbocycles. The molecule has 0 atom stereocenters. The van der Waals surface area contributed by atoms with Crippen LogP contribution in [-0.4, -0.2) is 17.9 Å². The van der Waals surface area contributed by atoms with Gasteiger partial charge in [0.05, 0.1) is 0 Å². The molecular formula is C8H8N2. The number of hydrazone groups is 1. The maximum atomic E-state index is 4.08. The van der Waals surface area contributed by atoms with Gasteiger partial charge in [-0.2, -0.15) is 5.10 Å². The van der Waals surface area contributed by atoms with Crippen LogP contribution in [0, 0.1) is 0 Å². The van der Waals surface area contributed by atoms with Gasteiger partial charge in [-0.1, -0.05) is 30.3 Å². The van der Waals surface area contributed by atoms with E-state index in [-0.39, 0.29) is 0 Å². The fraction of sp³-hybridized carbons (Fsp3) is 0.125. The second-order valence-corrected chi connectivity index (χ2v) is 2.31. The summed E-state index contributed by atoms with van der Waals surface area (Å²) in [6, 6.07) is 10.2. The van der Waals surface area contributed by atoms with Crippen LogP contribution >= 0.6 is 0 Å². The zero-order valence-corrected chi connectivity index (χ0v) is 5.78. The van der Waals surface area contributed by atoms with Gasteiger partial charge in [-0.15, -0.1) is 0 Å². The van der Waals surface area contributed by atoms with E-state index in [0.29, 0.717) is 0 Å². The SMILES string of the molecule is CN1N=C1c1ccccc1. The van der Waals surface area contributed by atoms with Gasteiger partial charge in [0.1, 0.15) is 0 Å². The Balaban J connectivity index is 2.29. The predicted octanol–water partition coefficient (Wildman–Crippen LogP) is 1.29. The molecule has 50 valence electrons. The minimum Gasteiger partial charge on any atom is -0.247 e. The van der Waals surface area contributed by atoms with Crippen molar-refractivity contribution >= 4 is 5.84 Å². The van der Waals surface area contributed by atoms with Crippen molar-refractivity contribution in [2.75, 3.05) is 7.05 Å². The Bertz CT molecular complexity index is 264. The maximum Gasteiger partial charge on any atom is 0.176 e. The highest BCUT2D eigenvalue weighted by Gasteiger charge is 2.19. The van der Waals surface area contributed by atoms with Crippen LogP contribution in [0.25, 0.3) is 0 Å². The fourth-order valence-corrected chi connectivity index (χ4v) is 0.952. The highest BCUT2D eigenvalue weighted by atomic mass is 15.6. The molecule has 1 heterocycles. The number of hydrogen-bond donors (Lipinski definition) is 0. The third-order valence-corrected chi connectivity index (χ3v) is 1.54. The van der Waals surface area contributed by atoms with Crippen LogP contribution in [0.5, 0.6) is 0 Å². The Morgan fingerprint density at radius 3 is 2.30 bits per heavy atom. The quantitative estimate of drug-likeness (QED) is 0.562. The second kappa shape index (κ2) is 1.84. The summed E-state index contributed by atoms with van der Waals surface area (Å²) in [4.78, 5) is 0. The van der Waals surface area contributed by atoms with Crippen molar-refractivity contribution in [3.05, 3.63) is 35.9 Å².